The number of furan rings is 1. The van der Waals surface area contributed by atoms with Gasteiger partial charge in [0, 0.05) is 18.3 Å². The van der Waals surface area contributed by atoms with Crippen LogP contribution in [-0.2, 0) is 0 Å². The zero-order valence-electron chi connectivity index (χ0n) is 17.1. The Hall–Kier alpha value is -4.12. The molecule has 0 atom stereocenters. The fourth-order valence-electron chi connectivity index (χ4n) is 3.53. The van der Waals surface area contributed by atoms with Crippen LogP contribution in [0.5, 0.6) is 0 Å². The van der Waals surface area contributed by atoms with Crippen molar-refractivity contribution >= 4 is 17.5 Å². The molecule has 1 heterocycles. The SMILES string of the molecule is CN(C(=O)c1ccc(NC(=O)c2ccco2)cc1)C(c1ccccc1)c1ccccc1. The van der Waals surface area contributed by atoms with E-state index < -0.39 is 0 Å². The maximum atomic E-state index is 13.3. The molecule has 3 aromatic carbocycles. The third kappa shape index (κ3) is 4.56. The van der Waals surface area contributed by atoms with Gasteiger partial charge in [-0.3, -0.25) is 9.59 Å². The van der Waals surface area contributed by atoms with Gasteiger partial charge in [-0.15, -0.1) is 0 Å². The fraction of sp³-hybridized carbons (Fsp3) is 0.0769. The number of nitrogens with zero attached hydrogens (tertiary/aromatic N) is 1. The maximum absolute atomic E-state index is 13.3. The minimum Gasteiger partial charge on any atom is -0.459 e. The van der Waals surface area contributed by atoms with Crippen LogP contribution in [0.2, 0.25) is 0 Å². The van der Waals surface area contributed by atoms with Gasteiger partial charge in [0.25, 0.3) is 11.8 Å². The van der Waals surface area contributed by atoms with Crippen LogP contribution in [0.15, 0.2) is 108 Å². The van der Waals surface area contributed by atoms with E-state index in [4.69, 9.17) is 4.42 Å². The van der Waals surface area contributed by atoms with Gasteiger partial charge < -0.3 is 14.6 Å². The summed E-state index contributed by atoms with van der Waals surface area (Å²) < 4.78 is 5.10. The smallest absolute Gasteiger partial charge is 0.291 e. The van der Waals surface area contributed by atoms with Crippen molar-refractivity contribution in [1.82, 2.24) is 4.90 Å². The van der Waals surface area contributed by atoms with Crippen LogP contribution in [0.25, 0.3) is 0 Å². The lowest BCUT2D eigenvalue weighted by atomic mass is 9.97. The van der Waals surface area contributed by atoms with E-state index in [1.54, 1.807) is 48.3 Å². The van der Waals surface area contributed by atoms with Crippen LogP contribution in [0.3, 0.4) is 0 Å². The Morgan fingerprint density at radius 1 is 0.774 bits per heavy atom. The normalized spacial score (nSPS) is 10.6. The minimum absolute atomic E-state index is 0.110. The van der Waals surface area contributed by atoms with Crippen molar-refractivity contribution in [2.45, 2.75) is 6.04 Å². The van der Waals surface area contributed by atoms with Gasteiger partial charge in [-0.1, -0.05) is 60.7 Å². The number of nitrogens with one attached hydrogen (secondary N) is 1. The molecule has 0 fully saturated rings. The molecule has 5 heteroatoms. The van der Waals surface area contributed by atoms with Crippen LogP contribution < -0.4 is 5.32 Å². The van der Waals surface area contributed by atoms with Crippen LogP contribution in [-0.4, -0.2) is 23.8 Å². The first kappa shape index (κ1) is 20.2. The molecule has 1 N–H and O–H groups in total. The standard InChI is InChI=1S/C26H22N2O3/c1-28(24(19-9-4-2-5-10-19)20-11-6-3-7-12-20)26(30)21-14-16-22(17-15-21)27-25(29)23-13-8-18-31-23/h2-18,24H,1H3,(H,27,29). The third-order valence-electron chi connectivity index (χ3n) is 5.07. The first-order chi connectivity index (χ1) is 15.1. The number of carbonyl (C=O) groups is 2. The molecule has 0 aliphatic rings. The van der Waals surface area contributed by atoms with Gasteiger partial charge in [-0.05, 0) is 47.5 Å². The van der Waals surface area contributed by atoms with Gasteiger partial charge in [0.2, 0.25) is 0 Å². The Morgan fingerprint density at radius 3 is 1.87 bits per heavy atom. The molecule has 0 aliphatic carbocycles. The van der Waals surface area contributed by atoms with E-state index in [9.17, 15) is 9.59 Å². The van der Waals surface area contributed by atoms with Crippen molar-refractivity contribution in [1.29, 1.82) is 0 Å². The second kappa shape index (κ2) is 9.13. The largest absolute Gasteiger partial charge is 0.459 e. The molecule has 4 rings (SSSR count). The second-order valence-corrected chi connectivity index (χ2v) is 7.15. The molecule has 2 amide bonds. The molecule has 0 bridgehead atoms. The number of carbonyl (C=O) groups excluding carboxylic acids is 2. The lowest BCUT2D eigenvalue weighted by Crippen LogP contribution is -2.32. The third-order valence-corrected chi connectivity index (χ3v) is 5.07. The molecule has 1 aromatic heterocycles. The average Bonchev–Trinajstić information content (AvgIpc) is 3.36. The van der Waals surface area contributed by atoms with E-state index in [1.807, 2.05) is 60.7 Å². The fourth-order valence-corrected chi connectivity index (χ4v) is 3.53. The van der Waals surface area contributed by atoms with Gasteiger partial charge in [-0.25, -0.2) is 0 Å². The molecule has 5 nitrogen and oxygen atoms in total. The Kier molecular flexibility index (Phi) is 5.94. The van der Waals surface area contributed by atoms with E-state index in [1.165, 1.54) is 6.26 Å². The summed E-state index contributed by atoms with van der Waals surface area (Å²) in [6, 6.07) is 29.8. The van der Waals surface area contributed by atoms with Crippen LogP contribution in [0.4, 0.5) is 5.69 Å². The summed E-state index contributed by atoms with van der Waals surface area (Å²) in [4.78, 5) is 27.1. The molecule has 0 saturated heterocycles. The second-order valence-electron chi connectivity index (χ2n) is 7.15. The average molecular weight is 410 g/mol. The zero-order chi connectivity index (χ0) is 21.6. The molecule has 0 aliphatic heterocycles. The summed E-state index contributed by atoms with van der Waals surface area (Å²) in [5.74, 6) is -0.218. The van der Waals surface area contributed by atoms with Crippen LogP contribution in [0.1, 0.15) is 38.1 Å². The van der Waals surface area contributed by atoms with Crippen molar-refractivity contribution < 1.29 is 14.0 Å². The van der Waals surface area contributed by atoms with Crippen LogP contribution >= 0.6 is 0 Å². The monoisotopic (exact) mass is 410 g/mol. The van der Waals surface area contributed by atoms with Crippen molar-refractivity contribution in [2.24, 2.45) is 0 Å². The van der Waals surface area contributed by atoms with E-state index in [2.05, 4.69) is 5.32 Å². The Bertz CT molecular complexity index is 1100. The van der Waals surface area contributed by atoms with E-state index >= 15 is 0 Å². The highest BCUT2D eigenvalue weighted by Gasteiger charge is 2.24. The first-order valence-corrected chi connectivity index (χ1v) is 9.95. The number of benzene rings is 3. The van der Waals surface area contributed by atoms with Gasteiger partial charge in [0.05, 0.1) is 12.3 Å². The topological polar surface area (TPSA) is 62.6 Å². The van der Waals surface area contributed by atoms with E-state index in [-0.39, 0.29) is 23.6 Å². The molecule has 0 spiro atoms. The lowest BCUT2D eigenvalue weighted by Gasteiger charge is -2.29. The number of hydrogen-bond donors (Lipinski definition) is 1. The number of rotatable bonds is 6. The van der Waals surface area contributed by atoms with Crippen molar-refractivity contribution in [2.75, 3.05) is 12.4 Å². The van der Waals surface area contributed by atoms with Crippen LogP contribution in [0, 0.1) is 0 Å². The number of anilines is 1. The molecule has 4 aromatic rings. The van der Waals surface area contributed by atoms with Crippen molar-refractivity contribution in [3.8, 4) is 0 Å². The maximum Gasteiger partial charge on any atom is 0.291 e. The Morgan fingerprint density at radius 2 is 1.35 bits per heavy atom. The highest BCUT2D eigenvalue weighted by molar-refractivity contribution is 6.02. The predicted octanol–water partition coefficient (Wildman–Crippen LogP) is 5.39. The molecule has 0 saturated carbocycles. The van der Waals surface area contributed by atoms with E-state index in [0.29, 0.717) is 11.3 Å². The van der Waals surface area contributed by atoms with Gasteiger partial charge in [0.1, 0.15) is 0 Å². The molecule has 31 heavy (non-hydrogen) atoms. The Balaban J connectivity index is 1.55. The van der Waals surface area contributed by atoms with Gasteiger partial charge >= 0.3 is 0 Å². The molecular weight excluding hydrogens is 388 g/mol. The van der Waals surface area contributed by atoms with Crippen molar-refractivity contribution in [3.05, 3.63) is 126 Å². The summed E-state index contributed by atoms with van der Waals surface area (Å²) >= 11 is 0. The zero-order valence-corrected chi connectivity index (χ0v) is 17.1. The number of amides is 2. The molecule has 0 radical (unpaired) electrons. The molecular formula is C26H22N2O3. The van der Waals surface area contributed by atoms with E-state index in [0.717, 1.165) is 11.1 Å². The lowest BCUT2D eigenvalue weighted by molar-refractivity contribution is 0.0755. The van der Waals surface area contributed by atoms with Crippen molar-refractivity contribution in [3.63, 3.8) is 0 Å². The van der Waals surface area contributed by atoms with Gasteiger partial charge in [-0.2, -0.15) is 0 Å². The summed E-state index contributed by atoms with van der Waals surface area (Å²) in [5.41, 5.74) is 3.19. The Labute approximate surface area is 180 Å². The summed E-state index contributed by atoms with van der Waals surface area (Å²) in [6.45, 7) is 0. The number of hydrogen-bond acceptors (Lipinski definition) is 3. The highest BCUT2D eigenvalue weighted by atomic mass is 16.3. The van der Waals surface area contributed by atoms with Gasteiger partial charge in [0.15, 0.2) is 5.76 Å². The summed E-state index contributed by atoms with van der Waals surface area (Å²) in [5, 5.41) is 2.76. The minimum atomic E-state index is -0.339. The highest BCUT2D eigenvalue weighted by Crippen LogP contribution is 2.29. The molecule has 0 unspecified atom stereocenters. The summed E-state index contributed by atoms with van der Waals surface area (Å²) in [6.07, 6.45) is 1.45. The summed E-state index contributed by atoms with van der Waals surface area (Å²) in [7, 11) is 1.81. The first-order valence-electron chi connectivity index (χ1n) is 9.95. The quantitative estimate of drug-likeness (QED) is 0.463. The molecule has 154 valence electrons. The predicted molar refractivity (Wildman–Crippen MR) is 120 cm³/mol.